The van der Waals surface area contributed by atoms with Gasteiger partial charge in [0, 0.05) is 33.9 Å². The molecular formula is C24H19ClF3N5O2. The molecule has 0 saturated heterocycles. The number of aryl methyl sites for hydroxylation is 1. The molecule has 4 aromatic rings. The fourth-order valence-electron chi connectivity index (χ4n) is 4.27. The average molecular weight is 502 g/mol. The number of nitrogens with one attached hydrogen (secondary N) is 2. The normalized spacial score (nSPS) is 13.9. The van der Waals surface area contributed by atoms with E-state index in [0.29, 0.717) is 16.9 Å². The Balaban J connectivity index is 1.50. The summed E-state index contributed by atoms with van der Waals surface area (Å²) >= 11 is 5.64. The number of benzene rings is 2. The largest absolute Gasteiger partial charge is 0.417 e. The van der Waals surface area contributed by atoms with Gasteiger partial charge in [-0.05, 0) is 56.2 Å². The molecule has 1 saturated carbocycles. The summed E-state index contributed by atoms with van der Waals surface area (Å²) in [5.41, 5.74) is 7.25. The highest BCUT2D eigenvalue weighted by atomic mass is 35.5. The standard InChI is InChI=1S/C24H19ClF3N5O2/c1-11-8-16-15-6-2-13(10-19(15)33(14-4-5-14)21(16)20(30-11)22(29)34)32-23(35)31-12-3-7-18(25)17(9-12)24(26,27)28/h2-3,6-10,14H,4-5H2,1H3,(H2,29,34)(H2,31,32,35). The van der Waals surface area contributed by atoms with E-state index >= 15 is 0 Å². The molecule has 7 nitrogen and oxygen atoms in total. The maximum Gasteiger partial charge on any atom is 0.417 e. The van der Waals surface area contributed by atoms with Crippen molar-refractivity contribution in [1.29, 1.82) is 0 Å². The van der Waals surface area contributed by atoms with Crippen LogP contribution in [0, 0.1) is 6.92 Å². The van der Waals surface area contributed by atoms with Gasteiger partial charge in [-0.3, -0.25) is 4.79 Å². The van der Waals surface area contributed by atoms with Crippen molar-refractivity contribution >= 4 is 56.7 Å². The number of nitrogens with zero attached hydrogens (tertiary/aromatic N) is 2. The number of carbonyl (C=O) groups is 2. The summed E-state index contributed by atoms with van der Waals surface area (Å²) in [6.07, 6.45) is -2.79. The van der Waals surface area contributed by atoms with Gasteiger partial charge in [-0.1, -0.05) is 17.7 Å². The minimum Gasteiger partial charge on any atom is -0.364 e. The third kappa shape index (κ3) is 4.25. The van der Waals surface area contributed by atoms with E-state index in [9.17, 15) is 22.8 Å². The second-order valence-corrected chi connectivity index (χ2v) is 8.88. The van der Waals surface area contributed by atoms with Gasteiger partial charge in [0.2, 0.25) is 0 Å². The van der Waals surface area contributed by atoms with Crippen molar-refractivity contribution in [3.63, 3.8) is 0 Å². The highest BCUT2D eigenvalue weighted by Gasteiger charge is 2.33. The first-order chi connectivity index (χ1) is 16.5. The summed E-state index contributed by atoms with van der Waals surface area (Å²) in [6.45, 7) is 1.79. The highest BCUT2D eigenvalue weighted by Crippen LogP contribution is 2.44. The van der Waals surface area contributed by atoms with Gasteiger partial charge in [-0.15, -0.1) is 0 Å². The molecule has 4 N–H and O–H groups in total. The van der Waals surface area contributed by atoms with E-state index in [1.165, 1.54) is 6.07 Å². The van der Waals surface area contributed by atoms with E-state index in [1.54, 1.807) is 19.1 Å². The van der Waals surface area contributed by atoms with Crippen molar-refractivity contribution in [2.24, 2.45) is 5.73 Å². The number of anilines is 2. The molecule has 1 aliphatic rings. The van der Waals surface area contributed by atoms with Gasteiger partial charge in [0.05, 0.1) is 21.6 Å². The van der Waals surface area contributed by atoms with Crippen molar-refractivity contribution in [3.8, 4) is 0 Å². The summed E-state index contributed by atoms with van der Waals surface area (Å²) in [5.74, 6) is -0.623. The summed E-state index contributed by atoms with van der Waals surface area (Å²) in [4.78, 5) is 29.0. The molecule has 0 bridgehead atoms. The monoisotopic (exact) mass is 501 g/mol. The molecule has 1 aliphatic carbocycles. The molecule has 35 heavy (non-hydrogen) atoms. The van der Waals surface area contributed by atoms with Crippen LogP contribution in [0.4, 0.5) is 29.3 Å². The van der Waals surface area contributed by atoms with Gasteiger partial charge >= 0.3 is 12.2 Å². The predicted molar refractivity (Wildman–Crippen MR) is 128 cm³/mol. The van der Waals surface area contributed by atoms with Crippen LogP contribution in [-0.4, -0.2) is 21.5 Å². The summed E-state index contributed by atoms with van der Waals surface area (Å²) in [6, 6.07) is 9.75. The Kier molecular flexibility index (Phi) is 5.36. The first-order valence-corrected chi connectivity index (χ1v) is 11.1. The lowest BCUT2D eigenvalue weighted by Crippen LogP contribution is -2.20. The zero-order valence-corrected chi connectivity index (χ0v) is 19.1. The summed E-state index contributed by atoms with van der Waals surface area (Å²) in [5, 5.41) is 6.30. The van der Waals surface area contributed by atoms with E-state index < -0.39 is 28.7 Å². The minimum atomic E-state index is -4.65. The lowest BCUT2D eigenvalue weighted by Gasteiger charge is -2.13. The van der Waals surface area contributed by atoms with Crippen LogP contribution in [0.2, 0.25) is 5.02 Å². The molecule has 0 radical (unpaired) electrons. The van der Waals surface area contributed by atoms with Crippen molar-refractivity contribution in [2.45, 2.75) is 32.0 Å². The number of urea groups is 1. The van der Waals surface area contributed by atoms with Crippen LogP contribution in [0.25, 0.3) is 21.8 Å². The van der Waals surface area contributed by atoms with Crippen LogP contribution in [0.15, 0.2) is 42.5 Å². The summed E-state index contributed by atoms with van der Waals surface area (Å²) < 4.78 is 41.4. The van der Waals surface area contributed by atoms with E-state index in [4.69, 9.17) is 17.3 Å². The van der Waals surface area contributed by atoms with Gasteiger partial charge in [0.25, 0.3) is 5.91 Å². The van der Waals surface area contributed by atoms with Crippen LogP contribution in [-0.2, 0) is 6.18 Å². The van der Waals surface area contributed by atoms with E-state index in [0.717, 1.165) is 41.3 Å². The number of hydrogen-bond donors (Lipinski definition) is 3. The fourth-order valence-corrected chi connectivity index (χ4v) is 4.49. The van der Waals surface area contributed by atoms with E-state index in [-0.39, 0.29) is 17.4 Å². The van der Waals surface area contributed by atoms with Crippen molar-refractivity contribution in [3.05, 3.63) is 64.4 Å². The quantitative estimate of drug-likeness (QED) is 0.308. The number of rotatable bonds is 4. The number of halogens is 4. The molecule has 5 rings (SSSR count). The Bertz CT molecular complexity index is 1530. The first kappa shape index (κ1) is 23.0. The molecule has 2 aromatic carbocycles. The average Bonchev–Trinajstić information content (AvgIpc) is 3.55. The Hall–Kier alpha value is -3.79. The SMILES string of the molecule is Cc1cc2c3ccc(NC(=O)Nc4ccc(Cl)c(C(F)(F)F)c4)cc3n(C3CC3)c2c(C(N)=O)n1. The van der Waals surface area contributed by atoms with Crippen LogP contribution in [0.5, 0.6) is 0 Å². The molecule has 3 amide bonds. The van der Waals surface area contributed by atoms with Gasteiger partial charge < -0.3 is 20.9 Å². The third-order valence-electron chi connectivity index (χ3n) is 5.84. The second kappa shape index (κ2) is 8.16. The molecule has 180 valence electrons. The highest BCUT2D eigenvalue weighted by molar-refractivity contribution is 6.31. The van der Waals surface area contributed by atoms with Crippen LogP contribution >= 0.6 is 11.6 Å². The number of alkyl halides is 3. The fraction of sp³-hybridized carbons (Fsp3) is 0.208. The lowest BCUT2D eigenvalue weighted by molar-refractivity contribution is -0.137. The van der Waals surface area contributed by atoms with E-state index in [2.05, 4.69) is 15.6 Å². The number of carbonyl (C=O) groups excluding carboxylic acids is 2. The number of aromatic nitrogens is 2. The van der Waals surface area contributed by atoms with Gasteiger partial charge in [-0.25, -0.2) is 9.78 Å². The molecule has 2 aromatic heterocycles. The zero-order chi connectivity index (χ0) is 25.1. The van der Waals surface area contributed by atoms with Gasteiger partial charge in [0.15, 0.2) is 5.69 Å². The van der Waals surface area contributed by atoms with Crippen molar-refractivity contribution in [1.82, 2.24) is 9.55 Å². The number of pyridine rings is 1. The minimum absolute atomic E-state index is 0.0555. The molecule has 0 aliphatic heterocycles. The third-order valence-corrected chi connectivity index (χ3v) is 6.17. The van der Waals surface area contributed by atoms with Gasteiger partial charge in [-0.2, -0.15) is 13.2 Å². The first-order valence-electron chi connectivity index (χ1n) is 10.7. The Morgan fingerprint density at radius 3 is 2.34 bits per heavy atom. The smallest absolute Gasteiger partial charge is 0.364 e. The Labute approximate surface area is 202 Å². The lowest BCUT2D eigenvalue weighted by atomic mass is 10.1. The summed E-state index contributed by atoms with van der Waals surface area (Å²) in [7, 11) is 0. The number of fused-ring (bicyclic) bond motifs is 3. The van der Waals surface area contributed by atoms with Crippen molar-refractivity contribution in [2.75, 3.05) is 10.6 Å². The molecule has 1 fully saturated rings. The maximum atomic E-state index is 13.1. The number of nitrogens with two attached hydrogens (primary N) is 1. The molecule has 11 heteroatoms. The number of hydrogen-bond acceptors (Lipinski definition) is 3. The molecular weight excluding hydrogens is 483 g/mol. The Morgan fingerprint density at radius 1 is 1.06 bits per heavy atom. The van der Waals surface area contributed by atoms with Crippen LogP contribution in [0.1, 0.15) is 40.6 Å². The van der Waals surface area contributed by atoms with Crippen LogP contribution < -0.4 is 16.4 Å². The maximum absolute atomic E-state index is 13.1. The molecule has 0 unspecified atom stereocenters. The van der Waals surface area contributed by atoms with Crippen molar-refractivity contribution < 1.29 is 22.8 Å². The number of amides is 3. The Morgan fingerprint density at radius 2 is 1.71 bits per heavy atom. The predicted octanol–water partition coefficient (Wildman–Crippen LogP) is 6.25. The van der Waals surface area contributed by atoms with E-state index in [1.807, 2.05) is 16.7 Å². The molecule has 2 heterocycles. The van der Waals surface area contributed by atoms with Gasteiger partial charge in [0.1, 0.15) is 0 Å². The molecule has 0 spiro atoms. The molecule has 0 atom stereocenters. The number of primary amides is 1. The van der Waals surface area contributed by atoms with Crippen LogP contribution in [0.3, 0.4) is 0 Å². The second-order valence-electron chi connectivity index (χ2n) is 8.48. The zero-order valence-electron chi connectivity index (χ0n) is 18.3. The topological polar surface area (TPSA) is 102 Å².